The van der Waals surface area contributed by atoms with Crippen LogP contribution in [-0.2, 0) is 12.5 Å². The number of rotatable bonds is 4. The van der Waals surface area contributed by atoms with Gasteiger partial charge in [-0.05, 0) is 42.3 Å². The second-order valence-corrected chi connectivity index (χ2v) is 4.43. The van der Waals surface area contributed by atoms with Crippen molar-refractivity contribution < 1.29 is 4.74 Å². The van der Waals surface area contributed by atoms with Crippen molar-refractivity contribution in [3.05, 3.63) is 58.9 Å². The average Bonchev–Trinajstić information content (AvgIpc) is 2.46. The second-order valence-electron chi connectivity index (χ2n) is 4.16. The fourth-order valence-electron chi connectivity index (χ4n) is 1.66. The molecule has 0 saturated carbocycles. The molecule has 0 fully saturated rings. The number of halogens is 1. The van der Waals surface area contributed by atoms with E-state index in [9.17, 15) is 0 Å². The molecule has 2 aromatic rings. The molecule has 0 N–H and O–H groups in total. The molecule has 96 valence electrons. The number of aryl methyl sites for hydroxylation is 1. The molecule has 4 heteroatoms. The monoisotopic (exact) mass is 272 g/mol. The van der Waals surface area contributed by atoms with Crippen LogP contribution in [0.3, 0.4) is 0 Å². The number of nitrogens with zero attached hydrogens (tertiary/aromatic N) is 2. The van der Waals surface area contributed by atoms with Crippen LogP contribution >= 0.6 is 11.6 Å². The molecule has 0 aliphatic heterocycles. The number of ether oxygens (including phenoxy) is 1. The van der Waals surface area contributed by atoms with Gasteiger partial charge in [-0.3, -0.25) is 4.98 Å². The van der Waals surface area contributed by atoms with Crippen LogP contribution in [-0.4, -0.2) is 4.98 Å². The highest BCUT2D eigenvalue weighted by atomic mass is 35.5. The van der Waals surface area contributed by atoms with E-state index in [0.29, 0.717) is 23.8 Å². The first kappa shape index (κ1) is 13.4. The first-order valence-electron chi connectivity index (χ1n) is 5.86. The van der Waals surface area contributed by atoms with E-state index in [2.05, 4.69) is 11.1 Å². The van der Waals surface area contributed by atoms with Crippen LogP contribution in [0.1, 0.15) is 22.4 Å². The van der Waals surface area contributed by atoms with Crippen LogP contribution in [0.5, 0.6) is 5.75 Å². The van der Waals surface area contributed by atoms with E-state index in [1.165, 1.54) is 0 Å². The molecule has 0 amide bonds. The molecular weight excluding hydrogens is 260 g/mol. The fraction of sp³-hybridized carbons (Fsp3) is 0.200. The van der Waals surface area contributed by atoms with Crippen LogP contribution in [0, 0.1) is 18.3 Å². The highest BCUT2D eigenvalue weighted by molar-refractivity contribution is 6.16. The molecule has 0 aliphatic carbocycles. The number of aromatic nitrogens is 1. The summed E-state index contributed by atoms with van der Waals surface area (Å²) in [6.07, 6.45) is 1.66. The fourth-order valence-corrected chi connectivity index (χ4v) is 1.82. The molecule has 1 heterocycles. The SMILES string of the molecule is Cc1cc(C#N)ccc1COc1ccc(CCl)nc1. The summed E-state index contributed by atoms with van der Waals surface area (Å²) in [4.78, 5) is 4.16. The zero-order valence-corrected chi connectivity index (χ0v) is 11.3. The summed E-state index contributed by atoms with van der Waals surface area (Å²) in [5, 5.41) is 8.81. The predicted molar refractivity (Wildman–Crippen MR) is 74.0 cm³/mol. The molecule has 0 bridgehead atoms. The minimum absolute atomic E-state index is 0.398. The van der Waals surface area contributed by atoms with Crippen LogP contribution in [0.2, 0.25) is 0 Å². The maximum Gasteiger partial charge on any atom is 0.138 e. The predicted octanol–water partition coefficient (Wildman–Crippen LogP) is 3.58. The van der Waals surface area contributed by atoms with Gasteiger partial charge in [-0.15, -0.1) is 11.6 Å². The zero-order valence-electron chi connectivity index (χ0n) is 10.6. The zero-order chi connectivity index (χ0) is 13.7. The van der Waals surface area contributed by atoms with Crippen molar-refractivity contribution in [2.24, 2.45) is 0 Å². The average molecular weight is 273 g/mol. The van der Waals surface area contributed by atoms with Crippen LogP contribution in [0.15, 0.2) is 36.5 Å². The smallest absolute Gasteiger partial charge is 0.138 e. The van der Waals surface area contributed by atoms with Crippen molar-refractivity contribution in [1.29, 1.82) is 5.26 Å². The van der Waals surface area contributed by atoms with Gasteiger partial charge in [-0.1, -0.05) is 6.07 Å². The van der Waals surface area contributed by atoms with Gasteiger partial charge < -0.3 is 4.74 Å². The summed E-state index contributed by atoms with van der Waals surface area (Å²) in [6.45, 7) is 2.42. The summed E-state index contributed by atoms with van der Waals surface area (Å²) < 4.78 is 5.66. The molecule has 3 nitrogen and oxygen atoms in total. The Morgan fingerprint density at radius 3 is 2.74 bits per heavy atom. The molecule has 0 unspecified atom stereocenters. The molecule has 1 aromatic carbocycles. The van der Waals surface area contributed by atoms with Gasteiger partial charge in [0.05, 0.1) is 29.4 Å². The molecule has 0 saturated heterocycles. The quantitative estimate of drug-likeness (QED) is 0.799. The second kappa shape index (κ2) is 6.21. The number of pyridine rings is 1. The van der Waals surface area contributed by atoms with Crippen molar-refractivity contribution in [3.63, 3.8) is 0 Å². The van der Waals surface area contributed by atoms with Gasteiger partial charge in [0.1, 0.15) is 12.4 Å². The lowest BCUT2D eigenvalue weighted by atomic mass is 10.1. The third-order valence-electron chi connectivity index (χ3n) is 2.80. The van der Waals surface area contributed by atoms with Gasteiger partial charge in [0.25, 0.3) is 0 Å². The molecule has 0 aliphatic rings. The number of hydrogen-bond acceptors (Lipinski definition) is 3. The Morgan fingerprint density at radius 2 is 2.16 bits per heavy atom. The lowest BCUT2D eigenvalue weighted by Gasteiger charge is -2.09. The van der Waals surface area contributed by atoms with Crippen molar-refractivity contribution >= 4 is 11.6 Å². The molecular formula is C15H13ClN2O. The standard InChI is InChI=1S/C15H13ClN2O/c1-11-6-12(8-17)2-3-13(11)10-19-15-5-4-14(7-16)18-9-15/h2-6,9H,7,10H2,1H3. The minimum Gasteiger partial charge on any atom is -0.487 e. The Morgan fingerprint density at radius 1 is 1.32 bits per heavy atom. The van der Waals surface area contributed by atoms with Crippen molar-refractivity contribution in [1.82, 2.24) is 4.98 Å². The van der Waals surface area contributed by atoms with Gasteiger partial charge in [0.2, 0.25) is 0 Å². The molecule has 0 spiro atoms. The first-order chi connectivity index (χ1) is 9.22. The Kier molecular flexibility index (Phi) is 4.38. The van der Waals surface area contributed by atoms with Crippen molar-refractivity contribution in [2.75, 3.05) is 0 Å². The van der Waals surface area contributed by atoms with E-state index in [1.807, 2.05) is 31.2 Å². The van der Waals surface area contributed by atoms with Crippen LogP contribution < -0.4 is 4.74 Å². The normalized spacial score (nSPS) is 9.95. The number of alkyl halides is 1. The van der Waals surface area contributed by atoms with Gasteiger partial charge >= 0.3 is 0 Å². The Hall–Kier alpha value is -2.05. The minimum atomic E-state index is 0.398. The molecule has 2 rings (SSSR count). The Bertz CT molecular complexity index is 603. The summed E-state index contributed by atoms with van der Waals surface area (Å²) in [6, 6.07) is 11.4. The lowest BCUT2D eigenvalue weighted by molar-refractivity contribution is 0.304. The topological polar surface area (TPSA) is 45.9 Å². The lowest BCUT2D eigenvalue weighted by Crippen LogP contribution is -1.99. The maximum absolute atomic E-state index is 8.81. The van der Waals surface area contributed by atoms with Gasteiger partial charge in [-0.2, -0.15) is 5.26 Å². The van der Waals surface area contributed by atoms with E-state index in [-0.39, 0.29) is 0 Å². The highest BCUT2D eigenvalue weighted by Gasteiger charge is 2.02. The Balaban J connectivity index is 2.04. The summed E-state index contributed by atoms with van der Waals surface area (Å²) in [5.74, 6) is 1.10. The van der Waals surface area contributed by atoms with Crippen molar-refractivity contribution in [2.45, 2.75) is 19.4 Å². The van der Waals surface area contributed by atoms with Gasteiger partial charge in [0.15, 0.2) is 0 Å². The van der Waals surface area contributed by atoms with Crippen LogP contribution in [0.25, 0.3) is 0 Å². The maximum atomic E-state index is 8.81. The van der Waals surface area contributed by atoms with E-state index >= 15 is 0 Å². The highest BCUT2D eigenvalue weighted by Crippen LogP contribution is 2.15. The third kappa shape index (κ3) is 3.46. The van der Waals surface area contributed by atoms with E-state index in [1.54, 1.807) is 12.3 Å². The van der Waals surface area contributed by atoms with Gasteiger partial charge in [0, 0.05) is 0 Å². The Labute approximate surface area is 117 Å². The van der Waals surface area contributed by atoms with E-state index in [0.717, 1.165) is 16.8 Å². The largest absolute Gasteiger partial charge is 0.487 e. The third-order valence-corrected chi connectivity index (χ3v) is 3.07. The number of benzene rings is 1. The number of hydrogen-bond donors (Lipinski definition) is 0. The van der Waals surface area contributed by atoms with Gasteiger partial charge in [-0.25, -0.2) is 0 Å². The summed E-state index contributed by atoms with van der Waals surface area (Å²) in [5.41, 5.74) is 3.59. The van der Waals surface area contributed by atoms with E-state index in [4.69, 9.17) is 21.6 Å². The first-order valence-corrected chi connectivity index (χ1v) is 6.39. The number of nitriles is 1. The summed E-state index contributed by atoms with van der Waals surface area (Å²) in [7, 11) is 0. The van der Waals surface area contributed by atoms with Crippen LogP contribution in [0.4, 0.5) is 0 Å². The van der Waals surface area contributed by atoms with E-state index < -0.39 is 0 Å². The summed E-state index contributed by atoms with van der Waals surface area (Å²) >= 11 is 5.67. The van der Waals surface area contributed by atoms with Crippen molar-refractivity contribution in [3.8, 4) is 11.8 Å². The molecule has 0 radical (unpaired) electrons. The molecule has 0 atom stereocenters. The molecule has 1 aromatic heterocycles. The molecule has 19 heavy (non-hydrogen) atoms.